The van der Waals surface area contributed by atoms with Crippen molar-refractivity contribution in [3.63, 3.8) is 0 Å². The Labute approximate surface area is 396 Å². The second kappa shape index (κ2) is 19.1. The highest BCUT2D eigenvalue weighted by Gasteiger charge is 2.51. The zero-order valence-electron chi connectivity index (χ0n) is 40.0. The minimum Gasteiger partial charge on any atom is -0.508 e. The normalized spacial score (nSPS) is 23.6. The predicted octanol–water partition coefficient (Wildman–Crippen LogP) is 4.77. The lowest BCUT2D eigenvalue weighted by Gasteiger charge is -2.37. The molecular formula is C51H63FN8O8. The lowest BCUT2D eigenvalue weighted by Crippen LogP contribution is -2.62. The summed E-state index contributed by atoms with van der Waals surface area (Å²) in [5.41, 5.74) is 6.92. The highest BCUT2D eigenvalue weighted by Crippen LogP contribution is 2.42. The molecule has 362 valence electrons. The van der Waals surface area contributed by atoms with Gasteiger partial charge in [-0.1, -0.05) is 32.6 Å². The quantitative estimate of drug-likeness (QED) is 0.0972. The summed E-state index contributed by atoms with van der Waals surface area (Å²) >= 11 is 0. The van der Waals surface area contributed by atoms with Gasteiger partial charge in [0.2, 0.25) is 17.5 Å². The van der Waals surface area contributed by atoms with E-state index in [-0.39, 0.29) is 61.9 Å². The van der Waals surface area contributed by atoms with E-state index in [4.69, 9.17) is 14.5 Å². The maximum Gasteiger partial charge on any atom is 0.324 e. The van der Waals surface area contributed by atoms with E-state index in [1.54, 1.807) is 19.4 Å². The summed E-state index contributed by atoms with van der Waals surface area (Å²) in [7, 11) is 2.96. The minimum atomic E-state index is -2.44. The largest absolute Gasteiger partial charge is 0.508 e. The third kappa shape index (κ3) is 9.60. The zero-order valence-corrected chi connectivity index (χ0v) is 40.0. The summed E-state index contributed by atoms with van der Waals surface area (Å²) < 4.78 is 30.6. The van der Waals surface area contributed by atoms with E-state index in [2.05, 4.69) is 66.2 Å². The molecule has 2 aromatic carbocycles. The van der Waals surface area contributed by atoms with Crippen molar-refractivity contribution in [2.75, 3.05) is 46.9 Å². The van der Waals surface area contributed by atoms with Crippen LogP contribution in [0.2, 0.25) is 0 Å². The maximum atomic E-state index is 16.5. The number of fused-ring (bicyclic) bond motifs is 6. The van der Waals surface area contributed by atoms with Crippen LogP contribution in [0.1, 0.15) is 76.8 Å². The number of cyclic esters (lactones) is 1. The Morgan fingerprint density at radius 1 is 1.13 bits per heavy atom. The molecule has 68 heavy (non-hydrogen) atoms. The molecule has 4 amide bonds. The Kier molecular flexibility index (Phi) is 13.6. The number of hydrazine groups is 1. The van der Waals surface area contributed by atoms with Crippen LogP contribution in [0.5, 0.6) is 5.75 Å². The van der Waals surface area contributed by atoms with Gasteiger partial charge >= 0.3 is 5.97 Å². The van der Waals surface area contributed by atoms with Crippen molar-refractivity contribution in [3.8, 4) is 28.1 Å². The smallest absolute Gasteiger partial charge is 0.324 e. The monoisotopic (exact) mass is 934 g/mol. The average molecular weight is 935 g/mol. The molecule has 6 bridgehead atoms. The number of pyridine rings is 1. The van der Waals surface area contributed by atoms with Gasteiger partial charge in [-0.2, -0.15) is 0 Å². The number of nitrogens with one attached hydrogen (secondary N) is 3. The van der Waals surface area contributed by atoms with Crippen molar-refractivity contribution in [3.05, 3.63) is 83.7 Å². The van der Waals surface area contributed by atoms with Gasteiger partial charge in [0.25, 0.3) is 11.8 Å². The van der Waals surface area contributed by atoms with Crippen molar-refractivity contribution >= 4 is 40.5 Å². The summed E-state index contributed by atoms with van der Waals surface area (Å²) in [4.78, 5) is 76.9. The van der Waals surface area contributed by atoms with Crippen LogP contribution in [-0.4, -0.2) is 136 Å². The second-order valence-electron chi connectivity index (χ2n) is 19.6. The minimum absolute atomic E-state index is 0.0522. The zero-order chi connectivity index (χ0) is 48.8. The summed E-state index contributed by atoms with van der Waals surface area (Å²) in [6.45, 7) is 14.7. The number of hydrogen-bond acceptors (Lipinski definition) is 11. The third-order valence-electron chi connectivity index (χ3n) is 13.7. The Bertz CT molecular complexity index is 2660. The van der Waals surface area contributed by atoms with Gasteiger partial charge < -0.3 is 39.6 Å². The number of alkyl halides is 1. The number of ether oxygens (including phenoxy) is 2. The summed E-state index contributed by atoms with van der Waals surface area (Å²) in [5.74, 6) is -3.21. The van der Waals surface area contributed by atoms with E-state index in [0.717, 1.165) is 43.9 Å². The number of hydrogen-bond donors (Lipinski definition) is 4. The van der Waals surface area contributed by atoms with E-state index < -0.39 is 59.4 Å². The summed E-state index contributed by atoms with van der Waals surface area (Å²) in [6.07, 6.45) is 2.47. The second-order valence-corrected chi connectivity index (χ2v) is 19.6. The van der Waals surface area contributed by atoms with Gasteiger partial charge in [0.15, 0.2) is 0 Å². The van der Waals surface area contributed by atoms with Gasteiger partial charge in [-0.05, 0) is 104 Å². The Hall–Kier alpha value is -6.17. The summed E-state index contributed by atoms with van der Waals surface area (Å²) in [5, 5.41) is 19.4. The molecule has 8 rings (SSSR count). The lowest BCUT2D eigenvalue weighted by atomic mass is 9.84. The van der Waals surface area contributed by atoms with E-state index in [9.17, 15) is 29.1 Å². The Morgan fingerprint density at radius 3 is 2.60 bits per heavy atom. The number of amides is 4. The Morgan fingerprint density at radius 2 is 1.90 bits per heavy atom. The molecule has 3 fully saturated rings. The molecule has 0 unspecified atom stereocenters. The number of carbonyl (C=O) groups excluding carboxylic acids is 5. The average Bonchev–Trinajstić information content (AvgIpc) is 4.03. The number of aromatic nitrogens is 2. The molecule has 0 spiro atoms. The van der Waals surface area contributed by atoms with Crippen LogP contribution in [-0.2, 0) is 52.8 Å². The van der Waals surface area contributed by atoms with E-state index in [0.29, 0.717) is 43.5 Å². The molecule has 6 heterocycles. The van der Waals surface area contributed by atoms with Crippen molar-refractivity contribution < 1.29 is 42.9 Å². The molecule has 4 aliphatic heterocycles. The van der Waals surface area contributed by atoms with Crippen LogP contribution in [0.3, 0.4) is 0 Å². The third-order valence-corrected chi connectivity index (χ3v) is 13.7. The highest BCUT2D eigenvalue weighted by atomic mass is 19.1. The SMILES string of the molecule is C=C(C)[C@@H](C(=O)N[C@H]1Cc2cc(O)cc(c2)-c2ccc3c(c2)c(c(-c2cccnc2[C@H](C)OC)n3CC)CC(C)(C)COC(=O)[C@@H]2CCCN(N2)C1=O)N(C)C(=O)[C@]1(F)CCN(C(=O)[C@@H]2CN2)C1. The number of likely N-dealkylation sites (tertiary alicyclic amines) is 1. The van der Waals surface area contributed by atoms with Crippen molar-refractivity contribution in [2.24, 2.45) is 5.41 Å². The standard InChI is InChI=1S/C51H63FN8O8/c1-9-59-41-15-14-32-24-36(41)37(44(59)35-12-10-17-53-42(35)30(4)67-8)25-50(5,6)28-68-48(65)38-13-11-18-60(56-38)47(64)39(22-31-20-33(32)23-34(61)21-31)55-45(62)43(29(2)3)57(7)49(66)51(52)16-19-58(27-51)46(63)40-26-54-40/h10,12,14-15,17,20-21,23-24,30,38-40,43,54,56,61H,2,9,11,13,16,18-19,22,25-28H2,1,3-8H3,(H,55,62)/t30-,38-,39-,40-,43-,51-/m0/s1. The van der Waals surface area contributed by atoms with Crippen LogP contribution in [0.4, 0.5) is 4.39 Å². The number of phenolic OH excluding ortho intramolecular Hbond substituents is 1. The molecule has 0 aliphatic carbocycles. The molecule has 4 aromatic rings. The fourth-order valence-electron chi connectivity index (χ4n) is 10.1. The van der Waals surface area contributed by atoms with Crippen LogP contribution in [0, 0.1) is 5.41 Å². The van der Waals surface area contributed by atoms with Crippen LogP contribution < -0.4 is 16.1 Å². The predicted molar refractivity (Wildman–Crippen MR) is 254 cm³/mol. The molecule has 4 N–H and O–H groups in total. The van der Waals surface area contributed by atoms with Gasteiger partial charge in [0.05, 0.1) is 36.7 Å². The number of aromatic hydroxyl groups is 1. The number of rotatable bonds is 10. The Balaban J connectivity index is 1.19. The molecule has 0 radical (unpaired) electrons. The highest BCUT2D eigenvalue weighted by molar-refractivity contribution is 5.97. The van der Waals surface area contributed by atoms with Gasteiger partial charge in [-0.3, -0.25) is 34.0 Å². The molecule has 3 saturated heterocycles. The van der Waals surface area contributed by atoms with Crippen molar-refractivity contribution in [1.29, 1.82) is 0 Å². The maximum absolute atomic E-state index is 16.5. The van der Waals surface area contributed by atoms with Gasteiger partial charge in [0.1, 0.15) is 23.9 Å². The fraction of sp³-hybridized carbons (Fsp3) is 0.490. The molecule has 16 nitrogen and oxygen atoms in total. The number of likely N-dealkylation sites (N-methyl/N-ethyl adjacent to an activating group) is 1. The molecule has 2 aromatic heterocycles. The van der Waals surface area contributed by atoms with Crippen molar-refractivity contribution in [2.45, 2.75) is 109 Å². The topological polar surface area (TPSA) is 198 Å². The number of esters is 1. The molecule has 4 aliphatic rings. The van der Waals surface area contributed by atoms with Gasteiger partial charge in [0, 0.05) is 81.3 Å². The first kappa shape index (κ1) is 48.3. The molecule has 17 heteroatoms. The first-order valence-corrected chi connectivity index (χ1v) is 23.5. The van der Waals surface area contributed by atoms with Crippen LogP contribution in [0.15, 0.2) is 66.9 Å². The molecule has 6 atom stereocenters. The molecular weight excluding hydrogens is 872 g/mol. The van der Waals surface area contributed by atoms with Crippen LogP contribution in [0.25, 0.3) is 33.3 Å². The first-order chi connectivity index (χ1) is 32.3. The lowest BCUT2D eigenvalue weighted by molar-refractivity contribution is -0.155. The fourth-order valence-corrected chi connectivity index (χ4v) is 10.1. The first-order valence-electron chi connectivity index (χ1n) is 23.5. The van der Waals surface area contributed by atoms with Gasteiger partial charge in [-0.25, -0.2) is 9.82 Å². The van der Waals surface area contributed by atoms with E-state index >= 15 is 4.39 Å². The number of nitrogens with zero attached hydrogens (tertiary/aromatic N) is 5. The molecule has 0 saturated carbocycles. The van der Waals surface area contributed by atoms with Gasteiger partial charge in [-0.15, -0.1) is 0 Å². The van der Waals surface area contributed by atoms with Crippen molar-refractivity contribution in [1.82, 2.24) is 40.4 Å². The van der Waals surface area contributed by atoms with Crippen LogP contribution >= 0.6 is 0 Å². The number of methoxy groups -OCH3 is 1. The van der Waals surface area contributed by atoms with E-state index in [1.165, 1.54) is 29.9 Å². The van der Waals surface area contributed by atoms with E-state index in [1.807, 2.05) is 25.1 Å². The number of halogens is 1. The summed E-state index contributed by atoms with van der Waals surface area (Å²) in [6, 6.07) is 11.2. The number of benzene rings is 2. The number of carbonyl (C=O) groups is 5. The number of phenols is 1. The number of aryl methyl sites for hydroxylation is 1.